The van der Waals surface area contributed by atoms with Crippen LogP contribution in [0.2, 0.25) is 0 Å². The van der Waals surface area contributed by atoms with Gasteiger partial charge in [0.15, 0.2) is 0 Å². The van der Waals surface area contributed by atoms with Crippen LogP contribution in [0.1, 0.15) is 34.8 Å². The first-order chi connectivity index (χ1) is 15.9. The number of hydrogen-bond acceptors (Lipinski definition) is 4. The van der Waals surface area contributed by atoms with Crippen molar-refractivity contribution in [3.05, 3.63) is 101 Å². The highest BCUT2D eigenvalue weighted by molar-refractivity contribution is 5.96. The molecule has 0 spiro atoms. The molecule has 0 fully saturated rings. The summed E-state index contributed by atoms with van der Waals surface area (Å²) in [7, 11) is 0. The molecule has 3 rings (SSSR count). The van der Waals surface area contributed by atoms with Gasteiger partial charge in [-0.1, -0.05) is 66.7 Å². The maximum atomic E-state index is 13.0. The quantitative estimate of drug-likeness (QED) is 0.483. The third-order valence-electron chi connectivity index (χ3n) is 4.94. The minimum atomic E-state index is -1.10. The molecule has 2 N–H and O–H groups in total. The summed E-state index contributed by atoms with van der Waals surface area (Å²) in [5.74, 6) is -1.19. The van der Waals surface area contributed by atoms with E-state index in [0.717, 1.165) is 16.7 Å². The number of aryl methyl sites for hydroxylation is 2. The summed E-state index contributed by atoms with van der Waals surface area (Å²) in [6, 6.07) is 23.9. The average Bonchev–Trinajstić information content (AvgIpc) is 2.78. The van der Waals surface area contributed by atoms with Crippen molar-refractivity contribution in [1.29, 1.82) is 0 Å². The van der Waals surface area contributed by atoms with Crippen LogP contribution >= 0.6 is 0 Å². The molecule has 3 aromatic carbocycles. The van der Waals surface area contributed by atoms with Crippen LogP contribution < -0.4 is 10.6 Å². The standard InChI is InChI=1S/C27H28N2O4/c1-19-15-20(2)17-23(16-19)29-27(32)26(22-11-7-4-8-12-22)33-25(31)13-14-28-24(30)18-21-9-5-3-6-10-21/h3-12,15-17,26H,13-14,18H2,1-2H3,(H,28,30)(H,29,32). The Morgan fingerprint density at radius 3 is 2.09 bits per heavy atom. The topological polar surface area (TPSA) is 84.5 Å². The zero-order valence-electron chi connectivity index (χ0n) is 18.8. The maximum absolute atomic E-state index is 13.0. The minimum Gasteiger partial charge on any atom is -0.447 e. The number of carbonyl (C=O) groups is 3. The molecule has 0 saturated carbocycles. The van der Waals surface area contributed by atoms with Gasteiger partial charge in [0.2, 0.25) is 12.0 Å². The monoisotopic (exact) mass is 444 g/mol. The molecule has 170 valence electrons. The molecule has 0 aromatic heterocycles. The van der Waals surface area contributed by atoms with E-state index in [9.17, 15) is 14.4 Å². The Hall–Kier alpha value is -3.93. The lowest BCUT2D eigenvalue weighted by Crippen LogP contribution is -2.30. The van der Waals surface area contributed by atoms with E-state index >= 15 is 0 Å². The van der Waals surface area contributed by atoms with Crippen LogP contribution in [0.25, 0.3) is 0 Å². The van der Waals surface area contributed by atoms with Crippen LogP contribution in [-0.2, 0) is 25.5 Å². The lowest BCUT2D eigenvalue weighted by atomic mass is 10.1. The lowest BCUT2D eigenvalue weighted by Gasteiger charge is -2.18. The van der Waals surface area contributed by atoms with Crippen LogP contribution in [0.4, 0.5) is 5.69 Å². The zero-order chi connectivity index (χ0) is 23.6. The van der Waals surface area contributed by atoms with Crippen molar-refractivity contribution in [2.45, 2.75) is 32.8 Å². The molecule has 2 amide bonds. The molecule has 3 aromatic rings. The smallest absolute Gasteiger partial charge is 0.308 e. The second-order valence-electron chi connectivity index (χ2n) is 7.91. The van der Waals surface area contributed by atoms with E-state index in [4.69, 9.17) is 4.74 Å². The Kier molecular flexibility index (Phi) is 8.36. The molecule has 0 aliphatic rings. The number of hydrogen-bond donors (Lipinski definition) is 2. The van der Waals surface area contributed by atoms with Crippen molar-refractivity contribution in [2.75, 3.05) is 11.9 Å². The van der Waals surface area contributed by atoms with Crippen molar-refractivity contribution in [3.63, 3.8) is 0 Å². The first kappa shape index (κ1) is 23.7. The van der Waals surface area contributed by atoms with Gasteiger partial charge in [0.25, 0.3) is 5.91 Å². The van der Waals surface area contributed by atoms with Crippen LogP contribution in [0.3, 0.4) is 0 Å². The molecule has 0 bridgehead atoms. The van der Waals surface area contributed by atoms with Gasteiger partial charge < -0.3 is 15.4 Å². The number of esters is 1. The third-order valence-corrected chi connectivity index (χ3v) is 4.94. The van der Waals surface area contributed by atoms with E-state index in [1.54, 1.807) is 24.3 Å². The van der Waals surface area contributed by atoms with Crippen LogP contribution in [0, 0.1) is 13.8 Å². The molecule has 0 heterocycles. The van der Waals surface area contributed by atoms with Gasteiger partial charge in [-0.25, -0.2) is 0 Å². The fraction of sp³-hybridized carbons (Fsp3) is 0.222. The number of benzene rings is 3. The van der Waals surface area contributed by atoms with Gasteiger partial charge in [-0.05, 0) is 42.7 Å². The molecule has 1 unspecified atom stereocenters. The molecular formula is C27H28N2O4. The second kappa shape index (κ2) is 11.6. The summed E-state index contributed by atoms with van der Waals surface area (Å²) in [6.07, 6.45) is -0.902. The maximum Gasteiger partial charge on any atom is 0.308 e. The molecule has 0 radical (unpaired) electrons. The van der Waals surface area contributed by atoms with E-state index in [0.29, 0.717) is 11.3 Å². The summed E-state index contributed by atoms with van der Waals surface area (Å²) in [6.45, 7) is 4.03. The first-order valence-corrected chi connectivity index (χ1v) is 10.8. The van der Waals surface area contributed by atoms with Crippen LogP contribution in [-0.4, -0.2) is 24.3 Å². The van der Waals surface area contributed by atoms with E-state index in [-0.39, 0.29) is 25.3 Å². The van der Waals surface area contributed by atoms with Gasteiger partial charge in [0.1, 0.15) is 0 Å². The number of rotatable bonds is 9. The number of nitrogens with one attached hydrogen (secondary N) is 2. The Labute approximate surface area is 194 Å². The molecule has 0 saturated heterocycles. The highest BCUT2D eigenvalue weighted by Gasteiger charge is 2.25. The highest BCUT2D eigenvalue weighted by Crippen LogP contribution is 2.22. The summed E-state index contributed by atoms with van der Waals surface area (Å²) < 4.78 is 5.53. The van der Waals surface area contributed by atoms with Crippen molar-refractivity contribution in [2.24, 2.45) is 0 Å². The Bertz CT molecular complexity index is 1080. The van der Waals surface area contributed by atoms with Gasteiger partial charge in [-0.15, -0.1) is 0 Å². The molecule has 6 nitrogen and oxygen atoms in total. The van der Waals surface area contributed by atoms with Gasteiger partial charge >= 0.3 is 5.97 Å². The second-order valence-corrected chi connectivity index (χ2v) is 7.91. The molecular weight excluding hydrogens is 416 g/mol. The van der Waals surface area contributed by atoms with E-state index in [1.165, 1.54) is 0 Å². The van der Waals surface area contributed by atoms with E-state index in [2.05, 4.69) is 10.6 Å². The van der Waals surface area contributed by atoms with Gasteiger partial charge in [-0.3, -0.25) is 14.4 Å². The third kappa shape index (κ3) is 7.61. The predicted octanol–water partition coefficient (Wildman–Crippen LogP) is 4.28. The first-order valence-electron chi connectivity index (χ1n) is 10.8. The van der Waals surface area contributed by atoms with Crippen molar-refractivity contribution in [1.82, 2.24) is 5.32 Å². The summed E-state index contributed by atoms with van der Waals surface area (Å²) in [5.41, 5.74) is 4.14. The van der Waals surface area contributed by atoms with Gasteiger partial charge in [0.05, 0.1) is 12.8 Å². The van der Waals surface area contributed by atoms with E-state index < -0.39 is 18.0 Å². The number of carbonyl (C=O) groups excluding carboxylic acids is 3. The fourth-order valence-corrected chi connectivity index (χ4v) is 3.49. The van der Waals surface area contributed by atoms with Crippen molar-refractivity contribution < 1.29 is 19.1 Å². The van der Waals surface area contributed by atoms with Crippen LogP contribution in [0.5, 0.6) is 0 Å². The summed E-state index contributed by atoms with van der Waals surface area (Å²) in [4.78, 5) is 37.6. The molecule has 1 atom stereocenters. The molecule has 33 heavy (non-hydrogen) atoms. The minimum absolute atomic E-state index is 0.0410. The van der Waals surface area contributed by atoms with Crippen molar-refractivity contribution in [3.8, 4) is 0 Å². The highest BCUT2D eigenvalue weighted by atomic mass is 16.5. The number of amides is 2. The largest absolute Gasteiger partial charge is 0.447 e. The van der Waals surface area contributed by atoms with Crippen LogP contribution in [0.15, 0.2) is 78.9 Å². The Morgan fingerprint density at radius 2 is 1.45 bits per heavy atom. The number of ether oxygens (including phenoxy) is 1. The SMILES string of the molecule is Cc1cc(C)cc(NC(=O)C(OC(=O)CCNC(=O)Cc2ccccc2)c2ccccc2)c1. The normalized spacial score (nSPS) is 11.3. The zero-order valence-corrected chi connectivity index (χ0v) is 18.8. The lowest BCUT2D eigenvalue weighted by molar-refractivity contribution is -0.154. The van der Waals surface area contributed by atoms with Gasteiger partial charge in [-0.2, -0.15) is 0 Å². The summed E-state index contributed by atoms with van der Waals surface area (Å²) in [5, 5.41) is 5.56. The van der Waals surface area contributed by atoms with E-state index in [1.807, 2.05) is 68.4 Å². The Balaban J connectivity index is 1.58. The van der Waals surface area contributed by atoms with Crippen molar-refractivity contribution >= 4 is 23.5 Å². The molecule has 6 heteroatoms. The summed E-state index contributed by atoms with van der Waals surface area (Å²) >= 11 is 0. The number of anilines is 1. The average molecular weight is 445 g/mol. The molecule has 0 aliphatic carbocycles. The Morgan fingerprint density at radius 1 is 0.848 bits per heavy atom. The van der Waals surface area contributed by atoms with Gasteiger partial charge in [0, 0.05) is 17.8 Å². The predicted molar refractivity (Wildman–Crippen MR) is 128 cm³/mol. The fourth-order valence-electron chi connectivity index (χ4n) is 3.49. The molecule has 0 aliphatic heterocycles.